The SMILES string of the molecule is COc1cn(Cc2ccccc2)c(Nc2cccc(Oc3ccccn3)c2C)nc1=O. The van der Waals surface area contributed by atoms with E-state index in [1.54, 1.807) is 18.5 Å². The highest BCUT2D eigenvalue weighted by Crippen LogP contribution is 2.30. The largest absolute Gasteiger partial charge is 0.490 e. The van der Waals surface area contributed by atoms with Crippen LogP contribution in [0.3, 0.4) is 0 Å². The Hall–Kier alpha value is -4.13. The minimum atomic E-state index is -0.437. The van der Waals surface area contributed by atoms with E-state index >= 15 is 0 Å². The summed E-state index contributed by atoms with van der Waals surface area (Å²) in [5.74, 6) is 1.76. The number of nitrogens with zero attached hydrogens (tertiary/aromatic N) is 3. The Kier molecular flexibility index (Phi) is 5.93. The Bertz CT molecular complexity index is 1220. The molecule has 0 unspecified atom stereocenters. The zero-order valence-corrected chi connectivity index (χ0v) is 17.3. The maximum atomic E-state index is 12.3. The summed E-state index contributed by atoms with van der Waals surface area (Å²) in [5.41, 5.74) is 2.27. The van der Waals surface area contributed by atoms with Crippen molar-refractivity contribution >= 4 is 11.6 Å². The monoisotopic (exact) mass is 414 g/mol. The molecule has 0 amide bonds. The summed E-state index contributed by atoms with van der Waals surface area (Å²) in [6.07, 6.45) is 3.34. The van der Waals surface area contributed by atoms with E-state index in [4.69, 9.17) is 9.47 Å². The maximum absolute atomic E-state index is 12.3. The van der Waals surface area contributed by atoms with E-state index in [1.807, 2.05) is 72.2 Å². The second-order valence-electron chi connectivity index (χ2n) is 6.88. The van der Waals surface area contributed by atoms with Gasteiger partial charge in [-0.05, 0) is 30.7 Å². The minimum absolute atomic E-state index is 0.186. The third kappa shape index (κ3) is 4.72. The highest BCUT2D eigenvalue weighted by atomic mass is 16.5. The number of hydrogen-bond donors (Lipinski definition) is 1. The van der Waals surface area contributed by atoms with Crippen LogP contribution in [0, 0.1) is 6.92 Å². The van der Waals surface area contributed by atoms with Crippen LogP contribution in [-0.4, -0.2) is 21.6 Å². The van der Waals surface area contributed by atoms with Crippen molar-refractivity contribution in [3.63, 3.8) is 0 Å². The van der Waals surface area contributed by atoms with Crippen molar-refractivity contribution in [1.29, 1.82) is 0 Å². The molecule has 4 rings (SSSR count). The molecule has 7 heteroatoms. The molecule has 4 aromatic rings. The molecule has 0 spiro atoms. The first-order valence-corrected chi connectivity index (χ1v) is 9.79. The molecule has 0 aliphatic carbocycles. The molecule has 0 saturated carbocycles. The third-order valence-electron chi connectivity index (χ3n) is 4.76. The van der Waals surface area contributed by atoms with Gasteiger partial charge in [-0.25, -0.2) is 4.98 Å². The molecule has 1 N–H and O–H groups in total. The van der Waals surface area contributed by atoms with Gasteiger partial charge in [0.05, 0.1) is 19.9 Å². The molecular weight excluding hydrogens is 392 g/mol. The second kappa shape index (κ2) is 9.13. The van der Waals surface area contributed by atoms with E-state index in [9.17, 15) is 4.79 Å². The van der Waals surface area contributed by atoms with E-state index in [1.165, 1.54) is 7.11 Å². The first kappa shape index (κ1) is 20.2. The number of benzene rings is 2. The second-order valence-corrected chi connectivity index (χ2v) is 6.88. The number of rotatable bonds is 7. The number of hydrogen-bond acceptors (Lipinski definition) is 6. The summed E-state index contributed by atoms with van der Waals surface area (Å²) >= 11 is 0. The van der Waals surface area contributed by atoms with Crippen LogP contribution in [-0.2, 0) is 6.54 Å². The van der Waals surface area contributed by atoms with Gasteiger partial charge in [-0.2, -0.15) is 4.98 Å². The highest BCUT2D eigenvalue weighted by molar-refractivity contribution is 5.63. The van der Waals surface area contributed by atoms with Crippen LogP contribution >= 0.6 is 0 Å². The fourth-order valence-corrected chi connectivity index (χ4v) is 3.11. The Balaban J connectivity index is 1.68. The number of aromatic nitrogens is 3. The van der Waals surface area contributed by atoms with E-state index < -0.39 is 5.56 Å². The van der Waals surface area contributed by atoms with Crippen molar-refractivity contribution in [2.75, 3.05) is 12.4 Å². The minimum Gasteiger partial charge on any atom is -0.490 e. The predicted molar refractivity (Wildman–Crippen MR) is 119 cm³/mol. The van der Waals surface area contributed by atoms with E-state index in [2.05, 4.69) is 15.3 Å². The first-order valence-electron chi connectivity index (χ1n) is 9.79. The van der Waals surface area contributed by atoms with Crippen LogP contribution in [0.4, 0.5) is 11.6 Å². The van der Waals surface area contributed by atoms with Crippen molar-refractivity contribution in [1.82, 2.24) is 14.5 Å². The van der Waals surface area contributed by atoms with Crippen molar-refractivity contribution in [2.24, 2.45) is 0 Å². The maximum Gasteiger partial charge on any atom is 0.316 e. The van der Waals surface area contributed by atoms with Gasteiger partial charge in [-0.3, -0.25) is 4.79 Å². The summed E-state index contributed by atoms with van der Waals surface area (Å²) in [6, 6.07) is 21.1. The van der Waals surface area contributed by atoms with Gasteiger partial charge in [-0.1, -0.05) is 42.5 Å². The molecule has 0 aliphatic heterocycles. The summed E-state index contributed by atoms with van der Waals surface area (Å²) in [7, 11) is 1.46. The topological polar surface area (TPSA) is 78.3 Å². The lowest BCUT2D eigenvalue weighted by Gasteiger charge is -2.17. The van der Waals surface area contributed by atoms with Crippen LogP contribution in [0.2, 0.25) is 0 Å². The zero-order valence-electron chi connectivity index (χ0n) is 17.3. The van der Waals surface area contributed by atoms with Crippen molar-refractivity contribution in [2.45, 2.75) is 13.5 Å². The van der Waals surface area contributed by atoms with Gasteiger partial charge in [0.15, 0.2) is 0 Å². The van der Waals surface area contributed by atoms with Crippen LogP contribution in [0.1, 0.15) is 11.1 Å². The Morgan fingerprint density at radius 2 is 1.77 bits per heavy atom. The standard InChI is InChI=1S/C24H22N4O3/c1-17-19(11-8-12-20(17)31-22-13-6-7-14-25-22)26-24-27-23(29)21(30-2)16-28(24)15-18-9-4-3-5-10-18/h3-14,16H,15H2,1-2H3,(H,26,27,29). The van der Waals surface area contributed by atoms with Gasteiger partial charge in [0.1, 0.15) is 5.75 Å². The molecular formula is C24H22N4O3. The molecule has 0 atom stereocenters. The lowest BCUT2D eigenvalue weighted by Crippen LogP contribution is -2.19. The van der Waals surface area contributed by atoms with Gasteiger partial charge < -0.3 is 19.4 Å². The van der Waals surface area contributed by atoms with Crippen molar-refractivity contribution in [3.8, 4) is 17.4 Å². The number of ether oxygens (including phenoxy) is 2. The van der Waals surface area contributed by atoms with Gasteiger partial charge in [0.25, 0.3) is 0 Å². The normalized spacial score (nSPS) is 10.5. The Morgan fingerprint density at radius 1 is 0.968 bits per heavy atom. The summed E-state index contributed by atoms with van der Waals surface area (Å²) in [4.78, 5) is 20.8. The molecule has 0 fully saturated rings. The lowest BCUT2D eigenvalue weighted by molar-refractivity contribution is 0.402. The fourth-order valence-electron chi connectivity index (χ4n) is 3.11. The van der Waals surface area contributed by atoms with Crippen LogP contribution in [0.5, 0.6) is 17.4 Å². The third-order valence-corrected chi connectivity index (χ3v) is 4.76. The molecule has 2 aromatic heterocycles. The molecule has 0 aliphatic rings. The van der Waals surface area contributed by atoms with Crippen molar-refractivity contribution < 1.29 is 9.47 Å². The number of nitrogens with one attached hydrogen (secondary N) is 1. The molecule has 2 heterocycles. The quantitative estimate of drug-likeness (QED) is 0.478. The van der Waals surface area contributed by atoms with E-state index in [0.29, 0.717) is 24.1 Å². The fraction of sp³-hybridized carbons (Fsp3) is 0.125. The summed E-state index contributed by atoms with van der Waals surface area (Å²) < 4.78 is 12.9. The smallest absolute Gasteiger partial charge is 0.316 e. The molecule has 31 heavy (non-hydrogen) atoms. The van der Waals surface area contributed by atoms with Crippen molar-refractivity contribution in [3.05, 3.63) is 101 Å². The van der Waals surface area contributed by atoms with Gasteiger partial charge >= 0.3 is 5.56 Å². The molecule has 0 bridgehead atoms. The van der Waals surface area contributed by atoms with Crippen LogP contribution in [0.15, 0.2) is 83.9 Å². The van der Waals surface area contributed by atoms with Gasteiger partial charge in [-0.15, -0.1) is 0 Å². The number of anilines is 2. The van der Waals surface area contributed by atoms with E-state index in [0.717, 1.165) is 16.8 Å². The first-order chi connectivity index (χ1) is 15.1. The summed E-state index contributed by atoms with van der Waals surface area (Å²) in [6.45, 7) is 2.46. The molecule has 156 valence electrons. The van der Waals surface area contributed by atoms with Gasteiger partial charge in [0.2, 0.25) is 17.6 Å². The highest BCUT2D eigenvalue weighted by Gasteiger charge is 2.13. The number of pyridine rings is 1. The Morgan fingerprint density at radius 3 is 2.52 bits per heavy atom. The number of methoxy groups -OCH3 is 1. The molecule has 2 aromatic carbocycles. The molecule has 0 saturated heterocycles. The molecule has 0 radical (unpaired) electrons. The average Bonchev–Trinajstić information content (AvgIpc) is 2.79. The van der Waals surface area contributed by atoms with Crippen LogP contribution in [0.25, 0.3) is 0 Å². The summed E-state index contributed by atoms with van der Waals surface area (Å²) in [5, 5.41) is 3.28. The Labute approximate surface area is 180 Å². The zero-order chi connectivity index (χ0) is 21.6. The average molecular weight is 414 g/mol. The van der Waals surface area contributed by atoms with Crippen LogP contribution < -0.4 is 20.3 Å². The lowest BCUT2D eigenvalue weighted by atomic mass is 10.2. The van der Waals surface area contributed by atoms with E-state index in [-0.39, 0.29) is 5.75 Å². The predicted octanol–water partition coefficient (Wildman–Crippen LogP) is 4.54. The van der Waals surface area contributed by atoms with Gasteiger partial charge in [0, 0.05) is 23.5 Å². The molecule has 7 nitrogen and oxygen atoms in total.